The summed E-state index contributed by atoms with van der Waals surface area (Å²) in [6.07, 6.45) is 6.17. The monoisotopic (exact) mass is 426 g/mol. The van der Waals surface area contributed by atoms with Crippen LogP contribution in [0, 0.1) is 11.6 Å². The average molecular weight is 426 g/mol. The molecule has 10 heteroatoms. The summed E-state index contributed by atoms with van der Waals surface area (Å²) >= 11 is 0. The lowest BCUT2D eigenvalue weighted by Crippen LogP contribution is -2.41. The zero-order valence-corrected chi connectivity index (χ0v) is 16.5. The summed E-state index contributed by atoms with van der Waals surface area (Å²) in [5.74, 6) is -2.23. The van der Waals surface area contributed by atoms with Crippen LogP contribution in [-0.4, -0.2) is 39.0 Å². The molecule has 0 radical (unpaired) electrons. The van der Waals surface area contributed by atoms with Crippen molar-refractivity contribution in [3.63, 3.8) is 0 Å². The van der Waals surface area contributed by atoms with E-state index in [2.05, 4.69) is 10.1 Å². The fourth-order valence-corrected chi connectivity index (χ4v) is 4.23. The van der Waals surface area contributed by atoms with Gasteiger partial charge in [0.25, 0.3) is 0 Å². The maximum absolute atomic E-state index is 14.4. The third kappa shape index (κ3) is 3.37. The van der Waals surface area contributed by atoms with Gasteiger partial charge in [0.2, 0.25) is 0 Å². The summed E-state index contributed by atoms with van der Waals surface area (Å²) in [6, 6.07) is 4.74. The third-order valence-electron chi connectivity index (χ3n) is 5.80. The molecular weight excluding hydrogens is 406 g/mol. The van der Waals surface area contributed by atoms with Crippen LogP contribution >= 0.6 is 0 Å². The van der Waals surface area contributed by atoms with Crippen LogP contribution in [0.3, 0.4) is 0 Å². The van der Waals surface area contributed by atoms with Gasteiger partial charge in [-0.05, 0) is 49.9 Å². The van der Waals surface area contributed by atoms with Crippen LogP contribution in [0.25, 0.3) is 5.65 Å². The normalized spacial score (nSPS) is 18.5. The van der Waals surface area contributed by atoms with Gasteiger partial charge in [-0.2, -0.15) is 5.10 Å². The van der Waals surface area contributed by atoms with Crippen molar-refractivity contribution in [1.29, 1.82) is 0 Å². The van der Waals surface area contributed by atoms with Crippen molar-refractivity contribution in [3.8, 4) is 0 Å². The lowest BCUT2D eigenvalue weighted by molar-refractivity contribution is -0.135. The topological polar surface area (TPSA) is 96.8 Å². The first-order valence-electron chi connectivity index (χ1n) is 10.1. The molecule has 1 atom stereocenters. The number of carbonyl (C=O) groups excluding carboxylic acids is 2. The fourth-order valence-electron chi connectivity index (χ4n) is 4.23. The van der Waals surface area contributed by atoms with Crippen molar-refractivity contribution >= 4 is 29.0 Å². The number of rotatable bonds is 4. The summed E-state index contributed by atoms with van der Waals surface area (Å²) < 4.78 is 29.7. The van der Waals surface area contributed by atoms with E-state index in [9.17, 15) is 18.4 Å². The number of halogens is 2. The fraction of sp³-hybridized carbons (Fsp3) is 0.333. The van der Waals surface area contributed by atoms with E-state index in [1.54, 1.807) is 12.3 Å². The second kappa shape index (κ2) is 7.29. The summed E-state index contributed by atoms with van der Waals surface area (Å²) in [5, 5.41) is 4.24. The number of aromatic nitrogens is 3. The molecule has 3 aromatic rings. The van der Waals surface area contributed by atoms with Gasteiger partial charge in [0, 0.05) is 24.3 Å². The highest BCUT2D eigenvalue weighted by Gasteiger charge is 2.38. The van der Waals surface area contributed by atoms with Crippen molar-refractivity contribution in [2.75, 3.05) is 16.3 Å². The van der Waals surface area contributed by atoms with E-state index in [1.807, 2.05) is 4.90 Å². The Hall–Kier alpha value is -3.56. The van der Waals surface area contributed by atoms with Crippen LogP contribution in [0.4, 0.5) is 20.3 Å². The molecule has 1 aliphatic carbocycles. The molecule has 5 rings (SSSR count). The van der Waals surface area contributed by atoms with Gasteiger partial charge in [-0.15, -0.1) is 0 Å². The van der Waals surface area contributed by atoms with Gasteiger partial charge in [-0.25, -0.2) is 18.3 Å². The Morgan fingerprint density at radius 1 is 1.16 bits per heavy atom. The zero-order chi connectivity index (χ0) is 21.7. The second-order valence-electron chi connectivity index (χ2n) is 7.87. The first kappa shape index (κ1) is 19.4. The Balaban J connectivity index is 1.55. The van der Waals surface area contributed by atoms with E-state index in [1.165, 1.54) is 21.7 Å². The molecule has 31 heavy (non-hydrogen) atoms. The highest BCUT2D eigenvalue weighted by atomic mass is 19.1. The number of nitrogens with zero attached hydrogens (tertiary/aromatic N) is 5. The largest absolute Gasteiger partial charge is 0.361 e. The zero-order valence-electron chi connectivity index (χ0n) is 16.5. The molecule has 3 heterocycles. The lowest BCUT2D eigenvalue weighted by atomic mass is 10.0. The van der Waals surface area contributed by atoms with Gasteiger partial charge in [-0.1, -0.05) is 0 Å². The van der Waals surface area contributed by atoms with Crippen molar-refractivity contribution in [2.24, 2.45) is 5.73 Å². The van der Waals surface area contributed by atoms with E-state index in [0.717, 1.165) is 31.4 Å². The summed E-state index contributed by atoms with van der Waals surface area (Å²) in [6.45, 7) is 0.625. The molecular formula is C21H20F2N6O2. The number of carbonyl (C=O) groups is 2. The van der Waals surface area contributed by atoms with E-state index in [0.29, 0.717) is 30.1 Å². The summed E-state index contributed by atoms with van der Waals surface area (Å²) in [5.41, 5.74) is 6.32. The molecule has 2 amide bonds. The number of hydrogen-bond donors (Lipinski definition) is 1. The van der Waals surface area contributed by atoms with Crippen LogP contribution in [-0.2, 0) is 9.59 Å². The van der Waals surface area contributed by atoms with Gasteiger partial charge < -0.3 is 10.6 Å². The lowest BCUT2D eigenvalue weighted by Gasteiger charge is -2.27. The van der Waals surface area contributed by atoms with Crippen molar-refractivity contribution < 1.29 is 18.4 Å². The molecule has 0 bridgehead atoms. The minimum Gasteiger partial charge on any atom is -0.361 e. The molecule has 2 N–H and O–H groups in total. The summed E-state index contributed by atoms with van der Waals surface area (Å²) in [7, 11) is 0. The number of benzene rings is 1. The molecule has 160 valence electrons. The van der Waals surface area contributed by atoms with Crippen LogP contribution in [0.15, 0.2) is 36.7 Å². The SMILES string of the molecule is NC(=O)C(=O)N(c1cnn2ccc(N3CCCC3c3cc(F)ccc3F)nc12)C1CC1. The number of primary amides is 1. The molecule has 1 aliphatic heterocycles. The Bertz CT molecular complexity index is 1190. The van der Waals surface area contributed by atoms with Gasteiger partial charge in [0.05, 0.1) is 12.2 Å². The first-order chi connectivity index (χ1) is 14.9. The van der Waals surface area contributed by atoms with E-state index in [4.69, 9.17) is 5.73 Å². The van der Waals surface area contributed by atoms with Gasteiger partial charge in [-0.3, -0.25) is 14.5 Å². The Kier molecular flexibility index (Phi) is 4.57. The van der Waals surface area contributed by atoms with Crippen LogP contribution in [0.1, 0.15) is 37.3 Å². The van der Waals surface area contributed by atoms with Crippen LogP contribution in [0.5, 0.6) is 0 Å². The predicted molar refractivity (Wildman–Crippen MR) is 108 cm³/mol. The highest BCUT2D eigenvalue weighted by Crippen LogP contribution is 2.38. The summed E-state index contributed by atoms with van der Waals surface area (Å²) in [4.78, 5) is 31.9. The number of fused-ring (bicyclic) bond motifs is 1. The van der Waals surface area contributed by atoms with Gasteiger partial charge in [0.1, 0.15) is 23.1 Å². The maximum Gasteiger partial charge on any atom is 0.316 e. The quantitative estimate of drug-likeness (QED) is 0.646. The average Bonchev–Trinajstić information content (AvgIpc) is 3.31. The molecule has 0 spiro atoms. The number of hydrogen-bond acceptors (Lipinski definition) is 5. The van der Waals surface area contributed by atoms with Crippen molar-refractivity contribution in [1.82, 2.24) is 14.6 Å². The van der Waals surface area contributed by atoms with Gasteiger partial charge in [0.15, 0.2) is 5.65 Å². The molecule has 2 fully saturated rings. The number of anilines is 2. The minimum atomic E-state index is -1.04. The maximum atomic E-state index is 14.4. The van der Waals surface area contributed by atoms with E-state index >= 15 is 0 Å². The molecule has 2 aromatic heterocycles. The number of amides is 2. The second-order valence-corrected chi connectivity index (χ2v) is 7.87. The Labute approximate surface area is 176 Å². The third-order valence-corrected chi connectivity index (χ3v) is 5.80. The Morgan fingerprint density at radius 2 is 1.97 bits per heavy atom. The molecule has 1 saturated carbocycles. The van der Waals surface area contributed by atoms with Crippen molar-refractivity contribution in [3.05, 3.63) is 53.9 Å². The molecule has 2 aliphatic rings. The van der Waals surface area contributed by atoms with Crippen LogP contribution < -0.4 is 15.5 Å². The standard InChI is InChI=1S/C21H20F2N6O2/c22-12-3-6-15(23)14(10-12)16-2-1-8-27(16)18-7-9-28-20(26-18)17(11-25-28)29(13-4-5-13)21(31)19(24)30/h3,6-7,9-11,13,16H,1-2,4-5,8H2,(H2,24,30). The minimum absolute atomic E-state index is 0.112. The molecule has 1 aromatic carbocycles. The van der Waals surface area contributed by atoms with Crippen LogP contribution in [0.2, 0.25) is 0 Å². The van der Waals surface area contributed by atoms with Gasteiger partial charge >= 0.3 is 11.8 Å². The molecule has 8 nitrogen and oxygen atoms in total. The number of nitrogens with two attached hydrogens (primary N) is 1. The molecule has 1 unspecified atom stereocenters. The van der Waals surface area contributed by atoms with E-state index < -0.39 is 23.4 Å². The first-order valence-corrected chi connectivity index (χ1v) is 10.1. The van der Waals surface area contributed by atoms with E-state index in [-0.39, 0.29) is 17.6 Å². The molecule has 1 saturated heterocycles. The highest BCUT2D eigenvalue weighted by molar-refractivity contribution is 6.40. The van der Waals surface area contributed by atoms with Crippen molar-refractivity contribution in [2.45, 2.75) is 37.8 Å². The predicted octanol–water partition coefficient (Wildman–Crippen LogP) is 2.33. The smallest absolute Gasteiger partial charge is 0.316 e. The Morgan fingerprint density at radius 3 is 2.71 bits per heavy atom.